The third-order valence-electron chi connectivity index (χ3n) is 3.29. The van der Waals surface area contributed by atoms with Crippen LogP contribution in [0.4, 0.5) is 0 Å². The van der Waals surface area contributed by atoms with Gasteiger partial charge in [0.25, 0.3) is 10.0 Å². The van der Waals surface area contributed by atoms with Crippen molar-refractivity contribution < 1.29 is 13.2 Å². The van der Waals surface area contributed by atoms with Gasteiger partial charge in [-0.2, -0.15) is 4.31 Å². The van der Waals surface area contributed by atoms with Gasteiger partial charge in [0.05, 0.1) is 11.2 Å². The van der Waals surface area contributed by atoms with Crippen molar-refractivity contribution in [3.63, 3.8) is 0 Å². The molecule has 2 heterocycles. The van der Waals surface area contributed by atoms with Crippen LogP contribution >= 0.6 is 11.3 Å². The summed E-state index contributed by atoms with van der Waals surface area (Å²) >= 11 is 1.31. The number of hydrogen-bond acceptors (Lipinski definition) is 5. The molecule has 1 aromatic rings. The minimum atomic E-state index is -3.47. The van der Waals surface area contributed by atoms with Crippen molar-refractivity contribution in [1.82, 2.24) is 4.31 Å². The summed E-state index contributed by atoms with van der Waals surface area (Å²) < 4.78 is 33.5. The summed E-state index contributed by atoms with van der Waals surface area (Å²) in [6, 6.07) is 3.53. The van der Waals surface area contributed by atoms with Crippen molar-refractivity contribution in [2.45, 2.75) is 49.5 Å². The molecule has 0 atom stereocenters. The third kappa shape index (κ3) is 3.84. The van der Waals surface area contributed by atoms with Crippen molar-refractivity contribution in [1.29, 1.82) is 0 Å². The summed E-state index contributed by atoms with van der Waals surface area (Å²) in [4.78, 5) is 1.00. The van der Waals surface area contributed by atoms with Gasteiger partial charge in [0, 0.05) is 18.0 Å². The Labute approximate surface area is 131 Å². The van der Waals surface area contributed by atoms with Crippen molar-refractivity contribution >= 4 is 21.4 Å². The lowest BCUT2D eigenvalue weighted by Gasteiger charge is -2.46. The zero-order valence-electron chi connectivity index (χ0n) is 13.0. The Hall–Kier alpha value is -0.470. The molecule has 1 fully saturated rings. The molecule has 0 radical (unpaired) electrons. The normalized spacial score (nSPS) is 22.3. The summed E-state index contributed by atoms with van der Waals surface area (Å²) in [7, 11) is -3.47. The molecule has 1 saturated heterocycles. The Bertz CT molecular complexity index is 589. The number of ether oxygens (including phenoxy) is 1. The Morgan fingerprint density at radius 2 is 1.81 bits per heavy atom. The fourth-order valence-corrected chi connectivity index (χ4v) is 6.05. The van der Waals surface area contributed by atoms with Gasteiger partial charge in [0.1, 0.15) is 4.21 Å². The van der Waals surface area contributed by atoms with E-state index in [1.165, 1.54) is 15.6 Å². The second kappa shape index (κ2) is 5.62. The molecule has 21 heavy (non-hydrogen) atoms. The number of thiophene rings is 1. The van der Waals surface area contributed by atoms with Crippen molar-refractivity contribution in [2.75, 3.05) is 19.6 Å². The van der Waals surface area contributed by atoms with E-state index in [1.807, 2.05) is 33.8 Å². The van der Waals surface area contributed by atoms with Crippen LogP contribution < -0.4 is 5.73 Å². The molecule has 5 nitrogen and oxygen atoms in total. The fraction of sp³-hybridized carbons (Fsp3) is 0.714. The highest BCUT2D eigenvalue weighted by Gasteiger charge is 2.43. The Morgan fingerprint density at radius 3 is 2.33 bits per heavy atom. The topological polar surface area (TPSA) is 72.6 Å². The highest BCUT2D eigenvalue weighted by molar-refractivity contribution is 7.91. The van der Waals surface area contributed by atoms with E-state index in [9.17, 15) is 8.42 Å². The number of nitrogens with zero attached hydrogens (tertiary/aromatic N) is 1. The van der Waals surface area contributed by atoms with E-state index in [0.717, 1.165) is 4.88 Å². The average molecular weight is 332 g/mol. The van der Waals surface area contributed by atoms with Crippen LogP contribution in [0.2, 0.25) is 0 Å². The molecule has 2 rings (SSSR count). The highest BCUT2D eigenvalue weighted by Crippen LogP contribution is 2.33. The summed E-state index contributed by atoms with van der Waals surface area (Å²) in [5.74, 6) is 0. The summed E-state index contributed by atoms with van der Waals surface area (Å²) in [5.41, 5.74) is 4.54. The monoisotopic (exact) mass is 332 g/mol. The molecule has 0 saturated carbocycles. The molecule has 0 bridgehead atoms. The van der Waals surface area contributed by atoms with Crippen molar-refractivity contribution in [3.05, 3.63) is 17.0 Å². The number of sulfonamides is 1. The summed E-state index contributed by atoms with van der Waals surface area (Å²) in [5, 5.41) is 0. The van der Waals surface area contributed by atoms with Gasteiger partial charge in [0.2, 0.25) is 0 Å². The van der Waals surface area contributed by atoms with Gasteiger partial charge in [-0.15, -0.1) is 11.3 Å². The lowest BCUT2D eigenvalue weighted by Crippen LogP contribution is -2.58. The first-order valence-corrected chi connectivity index (χ1v) is 9.31. The number of hydrogen-bond donors (Lipinski definition) is 1. The van der Waals surface area contributed by atoms with E-state index in [0.29, 0.717) is 30.3 Å². The van der Waals surface area contributed by atoms with Crippen LogP contribution in [-0.2, 0) is 21.2 Å². The quantitative estimate of drug-likeness (QED) is 0.913. The lowest BCUT2D eigenvalue weighted by molar-refractivity contribution is -0.163. The molecule has 1 aromatic heterocycles. The van der Waals surface area contributed by atoms with Gasteiger partial charge in [-0.25, -0.2) is 8.42 Å². The van der Waals surface area contributed by atoms with Crippen molar-refractivity contribution in [2.24, 2.45) is 5.73 Å². The smallest absolute Gasteiger partial charge is 0.252 e. The highest BCUT2D eigenvalue weighted by atomic mass is 32.2. The Kier molecular flexibility index (Phi) is 4.52. The molecular formula is C14H24N2O3S2. The van der Waals surface area contributed by atoms with Crippen LogP contribution in [0.15, 0.2) is 16.3 Å². The molecule has 0 aromatic carbocycles. The zero-order chi connectivity index (χ0) is 15.9. The number of nitrogens with two attached hydrogens (primary N) is 1. The van der Waals surface area contributed by atoms with E-state index in [-0.39, 0.29) is 0 Å². The van der Waals surface area contributed by atoms with E-state index in [1.54, 1.807) is 6.07 Å². The fourth-order valence-electron chi connectivity index (χ4n) is 2.79. The van der Waals surface area contributed by atoms with Crippen LogP contribution in [0, 0.1) is 0 Å². The zero-order valence-corrected chi connectivity index (χ0v) is 14.7. The third-order valence-corrected chi connectivity index (χ3v) is 6.69. The molecule has 7 heteroatoms. The minimum Gasteiger partial charge on any atom is -0.367 e. The SMILES string of the molecule is CC1(C)CN(S(=O)(=O)c2ccc(CCN)s2)CC(C)(C)O1. The Morgan fingerprint density at radius 1 is 1.24 bits per heavy atom. The molecule has 2 N–H and O–H groups in total. The largest absolute Gasteiger partial charge is 0.367 e. The van der Waals surface area contributed by atoms with Gasteiger partial charge in [0.15, 0.2) is 0 Å². The molecule has 1 aliphatic rings. The van der Waals surface area contributed by atoms with E-state index < -0.39 is 21.2 Å². The summed E-state index contributed by atoms with van der Waals surface area (Å²) in [6.45, 7) is 8.94. The average Bonchev–Trinajstić information content (AvgIpc) is 2.74. The van der Waals surface area contributed by atoms with Crippen LogP contribution in [0.3, 0.4) is 0 Å². The van der Waals surface area contributed by atoms with E-state index >= 15 is 0 Å². The van der Waals surface area contributed by atoms with Crippen molar-refractivity contribution in [3.8, 4) is 0 Å². The maximum absolute atomic E-state index is 12.8. The van der Waals surface area contributed by atoms with Gasteiger partial charge in [-0.1, -0.05) is 0 Å². The second-order valence-corrected chi connectivity index (χ2v) is 9.99. The van der Waals surface area contributed by atoms with E-state index in [4.69, 9.17) is 10.5 Å². The van der Waals surface area contributed by atoms with Crippen LogP contribution in [0.5, 0.6) is 0 Å². The number of morpholine rings is 1. The second-order valence-electron chi connectivity index (χ2n) is 6.65. The maximum atomic E-state index is 12.8. The molecule has 0 amide bonds. The first-order valence-electron chi connectivity index (χ1n) is 7.05. The first-order chi connectivity index (χ1) is 9.56. The van der Waals surface area contributed by atoms with Crippen LogP contribution in [0.25, 0.3) is 0 Å². The molecule has 0 unspecified atom stereocenters. The maximum Gasteiger partial charge on any atom is 0.252 e. The standard InChI is InChI=1S/C14H24N2O3S2/c1-13(2)9-16(10-14(3,4)19-13)21(17,18)12-6-5-11(20-12)7-8-15/h5-6H,7-10,15H2,1-4H3. The minimum absolute atomic E-state index is 0.364. The van der Waals surface area contributed by atoms with Gasteiger partial charge < -0.3 is 10.5 Å². The predicted octanol–water partition coefficient (Wildman–Crippen LogP) is 1.83. The van der Waals surface area contributed by atoms with Gasteiger partial charge >= 0.3 is 0 Å². The Balaban J connectivity index is 2.29. The molecule has 0 aliphatic carbocycles. The summed E-state index contributed by atoms with van der Waals surface area (Å²) in [6.07, 6.45) is 0.709. The molecule has 1 aliphatic heterocycles. The molecular weight excluding hydrogens is 308 g/mol. The number of rotatable bonds is 4. The first kappa shape index (κ1) is 16.9. The van der Waals surface area contributed by atoms with Crippen LogP contribution in [-0.4, -0.2) is 43.6 Å². The molecule has 0 spiro atoms. The lowest BCUT2D eigenvalue weighted by atomic mass is 10.0. The molecule has 120 valence electrons. The van der Waals surface area contributed by atoms with E-state index in [2.05, 4.69) is 0 Å². The predicted molar refractivity (Wildman–Crippen MR) is 85.1 cm³/mol. The van der Waals surface area contributed by atoms with Gasteiger partial charge in [-0.3, -0.25) is 0 Å². The van der Waals surface area contributed by atoms with Crippen LogP contribution in [0.1, 0.15) is 32.6 Å². The van der Waals surface area contributed by atoms with Gasteiger partial charge in [-0.05, 0) is 52.8 Å².